The summed E-state index contributed by atoms with van der Waals surface area (Å²) < 4.78 is 23.9. The molecule has 0 heterocycles. The van der Waals surface area contributed by atoms with E-state index in [1.165, 1.54) is 0 Å². The van der Waals surface area contributed by atoms with Gasteiger partial charge >= 0.3 is 0 Å². The molecule has 0 atom stereocenters. The maximum atomic E-state index is 12.0. The van der Waals surface area contributed by atoms with Crippen molar-refractivity contribution in [2.24, 2.45) is 5.92 Å². The van der Waals surface area contributed by atoms with Gasteiger partial charge in [-0.25, -0.2) is 8.42 Å². The zero-order valence-electron chi connectivity index (χ0n) is 9.32. The molecule has 15 heavy (non-hydrogen) atoms. The lowest BCUT2D eigenvalue weighted by molar-refractivity contribution is 0.582. The second-order valence-corrected chi connectivity index (χ2v) is 6.15. The average Bonchev–Trinajstić information content (AvgIpc) is 2.07. The Balaban J connectivity index is 3.22. The Morgan fingerprint density at radius 1 is 1.33 bits per heavy atom. The minimum atomic E-state index is -3.19. The summed E-state index contributed by atoms with van der Waals surface area (Å²) in [5.74, 6) is 0.285. The van der Waals surface area contributed by atoms with Crippen molar-refractivity contribution in [2.45, 2.75) is 25.7 Å². The Bertz CT molecular complexity index is 450. The van der Waals surface area contributed by atoms with E-state index in [-0.39, 0.29) is 11.7 Å². The molecular weight excluding hydrogens is 210 g/mol. The van der Waals surface area contributed by atoms with Gasteiger partial charge in [-0.2, -0.15) is 0 Å². The van der Waals surface area contributed by atoms with Gasteiger partial charge in [0.2, 0.25) is 0 Å². The molecule has 1 aromatic rings. The van der Waals surface area contributed by atoms with Gasteiger partial charge in [-0.05, 0) is 30.5 Å². The molecule has 0 fully saturated rings. The standard InChI is InChI=1S/C11H17NO2S/c1-8(2)7-15(13,14)11-6-4-5-10(12)9(11)3/h4-6,8H,7,12H2,1-3H3. The molecule has 0 amide bonds. The molecule has 0 radical (unpaired) electrons. The third-order valence-electron chi connectivity index (χ3n) is 2.21. The van der Waals surface area contributed by atoms with Crippen LogP contribution in [-0.4, -0.2) is 14.2 Å². The molecule has 0 saturated heterocycles. The second kappa shape index (κ2) is 4.23. The number of rotatable bonds is 3. The van der Waals surface area contributed by atoms with Crippen LogP contribution in [0, 0.1) is 12.8 Å². The largest absolute Gasteiger partial charge is 0.398 e. The van der Waals surface area contributed by atoms with Gasteiger partial charge in [0, 0.05) is 5.69 Å². The predicted molar refractivity (Wildman–Crippen MR) is 62.5 cm³/mol. The highest BCUT2D eigenvalue weighted by molar-refractivity contribution is 7.91. The Labute approximate surface area is 91.2 Å². The molecule has 0 spiro atoms. The molecule has 0 aromatic heterocycles. The van der Waals surface area contributed by atoms with Crippen LogP contribution in [0.2, 0.25) is 0 Å². The van der Waals surface area contributed by atoms with Crippen molar-refractivity contribution >= 4 is 15.5 Å². The summed E-state index contributed by atoms with van der Waals surface area (Å²) in [5.41, 5.74) is 6.86. The summed E-state index contributed by atoms with van der Waals surface area (Å²) in [4.78, 5) is 0.358. The quantitative estimate of drug-likeness (QED) is 0.803. The summed E-state index contributed by atoms with van der Waals surface area (Å²) in [7, 11) is -3.19. The van der Waals surface area contributed by atoms with Gasteiger partial charge in [-0.1, -0.05) is 19.9 Å². The highest BCUT2D eigenvalue weighted by atomic mass is 32.2. The van der Waals surface area contributed by atoms with Crippen LogP contribution in [0.1, 0.15) is 19.4 Å². The second-order valence-electron chi connectivity index (χ2n) is 4.15. The van der Waals surface area contributed by atoms with Gasteiger partial charge in [0.1, 0.15) is 0 Å². The van der Waals surface area contributed by atoms with Crippen molar-refractivity contribution in [3.8, 4) is 0 Å². The lowest BCUT2D eigenvalue weighted by atomic mass is 10.2. The minimum Gasteiger partial charge on any atom is -0.398 e. The number of nitrogens with two attached hydrogens (primary N) is 1. The van der Waals surface area contributed by atoms with E-state index in [0.29, 0.717) is 16.1 Å². The van der Waals surface area contributed by atoms with Gasteiger partial charge in [0.15, 0.2) is 9.84 Å². The zero-order chi connectivity index (χ0) is 11.6. The van der Waals surface area contributed by atoms with E-state index < -0.39 is 9.84 Å². The molecule has 0 bridgehead atoms. The number of nitrogen functional groups attached to an aromatic ring is 1. The van der Waals surface area contributed by atoms with Crippen LogP contribution in [0.5, 0.6) is 0 Å². The fraction of sp³-hybridized carbons (Fsp3) is 0.455. The van der Waals surface area contributed by atoms with E-state index in [1.807, 2.05) is 13.8 Å². The van der Waals surface area contributed by atoms with Gasteiger partial charge in [0.05, 0.1) is 10.6 Å². The van der Waals surface area contributed by atoms with Crippen LogP contribution in [0.4, 0.5) is 5.69 Å². The van der Waals surface area contributed by atoms with E-state index in [4.69, 9.17) is 5.73 Å². The first-order valence-corrected chi connectivity index (χ1v) is 6.57. The van der Waals surface area contributed by atoms with Crippen LogP contribution in [0.25, 0.3) is 0 Å². The summed E-state index contributed by atoms with van der Waals surface area (Å²) in [6, 6.07) is 5.00. The third-order valence-corrected chi connectivity index (χ3v) is 4.43. The SMILES string of the molecule is Cc1c(N)cccc1S(=O)(=O)CC(C)C. The van der Waals surface area contributed by atoms with E-state index in [0.717, 1.165) is 0 Å². The van der Waals surface area contributed by atoms with Crippen LogP contribution < -0.4 is 5.73 Å². The Morgan fingerprint density at radius 3 is 2.47 bits per heavy atom. The normalized spacial score (nSPS) is 12.0. The lowest BCUT2D eigenvalue weighted by Gasteiger charge is -2.10. The molecule has 0 aliphatic heterocycles. The number of benzene rings is 1. The van der Waals surface area contributed by atoms with Crippen LogP contribution >= 0.6 is 0 Å². The van der Waals surface area contributed by atoms with Crippen molar-refractivity contribution in [1.29, 1.82) is 0 Å². The number of hydrogen-bond acceptors (Lipinski definition) is 3. The molecule has 3 nitrogen and oxygen atoms in total. The molecule has 1 rings (SSSR count). The summed E-state index contributed by atoms with van der Waals surface area (Å²) in [5, 5.41) is 0. The number of hydrogen-bond donors (Lipinski definition) is 1. The number of anilines is 1. The third kappa shape index (κ3) is 2.72. The Hall–Kier alpha value is -1.03. The fourth-order valence-electron chi connectivity index (χ4n) is 1.50. The van der Waals surface area contributed by atoms with Gasteiger partial charge in [0.25, 0.3) is 0 Å². The topological polar surface area (TPSA) is 60.2 Å². The molecular formula is C11H17NO2S. The summed E-state index contributed by atoms with van der Waals surface area (Å²) >= 11 is 0. The van der Waals surface area contributed by atoms with Gasteiger partial charge in [-0.15, -0.1) is 0 Å². The van der Waals surface area contributed by atoms with Crippen LogP contribution in [0.15, 0.2) is 23.1 Å². The summed E-state index contributed by atoms with van der Waals surface area (Å²) in [6.07, 6.45) is 0. The molecule has 0 aliphatic rings. The van der Waals surface area contributed by atoms with Crippen molar-refractivity contribution in [2.75, 3.05) is 11.5 Å². The maximum Gasteiger partial charge on any atom is 0.178 e. The maximum absolute atomic E-state index is 12.0. The lowest BCUT2D eigenvalue weighted by Crippen LogP contribution is -2.13. The highest BCUT2D eigenvalue weighted by Gasteiger charge is 2.19. The predicted octanol–water partition coefficient (Wildman–Crippen LogP) is 2.01. The Kier molecular flexibility index (Phi) is 3.39. The van der Waals surface area contributed by atoms with Crippen LogP contribution in [-0.2, 0) is 9.84 Å². The van der Waals surface area contributed by atoms with E-state index in [1.54, 1.807) is 25.1 Å². The minimum absolute atomic E-state index is 0.121. The fourth-order valence-corrected chi connectivity index (χ4v) is 3.42. The first kappa shape index (κ1) is 12.0. The van der Waals surface area contributed by atoms with Crippen molar-refractivity contribution < 1.29 is 8.42 Å². The van der Waals surface area contributed by atoms with Crippen LogP contribution in [0.3, 0.4) is 0 Å². The van der Waals surface area contributed by atoms with E-state index in [2.05, 4.69) is 0 Å². The Morgan fingerprint density at radius 2 is 1.93 bits per heavy atom. The van der Waals surface area contributed by atoms with Crippen molar-refractivity contribution in [1.82, 2.24) is 0 Å². The molecule has 1 aromatic carbocycles. The molecule has 4 heteroatoms. The van der Waals surface area contributed by atoms with Crippen molar-refractivity contribution in [3.63, 3.8) is 0 Å². The first-order chi connectivity index (χ1) is 6.84. The van der Waals surface area contributed by atoms with Crippen molar-refractivity contribution in [3.05, 3.63) is 23.8 Å². The van der Waals surface area contributed by atoms with E-state index in [9.17, 15) is 8.42 Å². The molecule has 84 valence electrons. The molecule has 0 aliphatic carbocycles. The highest BCUT2D eigenvalue weighted by Crippen LogP contribution is 2.22. The monoisotopic (exact) mass is 227 g/mol. The molecule has 0 unspecified atom stereocenters. The van der Waals surface area contributed by atoms with Gasteiger partial charge < -0.3 is 5.73 Å². The number of sulfone groups is 1. The molecule has 2 N–H and O–H groups in total. The van der Waals surface area contributed by atoms with Gasteiger partial charge in [-0.3, -0.25) is 0 Å². The van der Waals surface area contributed by atoms with E-state index >= 15 is 0 Å². The smallest absolute Gasteiger partial charge is 0.178 e. The average molecular weight is 227 g/mol. The first-order valence-electron chi connectivity index (χ1n) is 4.92. The summed E-state index contributed by atoms with van der Waals surface area (Å²) in [6.45, 7) is 5.51. The zero-order valence-corrected chi connectivity index (χ0v) is 10.1. The molecule has 0 saturated carbocycles.